The van der Waals surface area contributed by atoms with Gasteiger partial charge in [0.2, 0.25) is 0 Å². The quantitative estimate of drug-likeness (QED) is 0.794. The lowest BCUT2D eigenvalue weighted by molar-refractivity contribution is 0.191. The summed E-state index contributed by atoms with van der Waals surface area (Å²) in [6, 6.07) is 0.318. The van der Waals surface area contributed by atoms with Crippen LogP contribution in [0.15, 0.2) is 0 Å². The fraction of sp³-hybridized carbons (Fsp3) is 0.714. The molecule has 5 nitrogen and oxygen atoms in total. The summed E-state index contributed by atoms with van der Waals surface area (Å²) in [5.41, 5.74) is 1.05. The van der Waals surface area contributed by atoms with Crippen molar-refractivity contribution in [3.8, 4) is 0 Å². The smallest absolute Gasteiger partial charge is 0.135 e. The molecule has 1 aromatic heterocycles. The number of aromatic nitrogens is 2. The minimum absolute atomic E-state index is 0.308. The van der Waals surface area contributed by atoms with E-state index in [1.165, 1.54) is 0 Å². The van der Waals surface area contributed by atoms with Crippen LogP contribution in [0, 0.1) is 6.92 Å². The Morgan fingerprint density at radius 1 is 1.16 bits per heavy atom. The molecule has 1 atom stereocenters. The summed E-state index contributed by atoms with van der Waals surface area (Å²) in [7, 11) is 3.61. The molecule has 1 aromatic rings. The Morgan fingerprint density at radius 3 is 2.32 bits per heavy atom. The van der Waals surface area contributed by atoms with Crippen LogP contribution in [0.4, 0.5) is 11.6 Å². The Labute approximate surface area is 116 Å². The first-order chi connectivity index (χ1) is 8.99. The van der Waals surface area contributed by atoms with E-state index in [9.17, 15) is 0 Å². The molecule has 0 aliphatic carbocycles. The maximum absolute atomic E-state index is 5.10. The first-order valence-electron chi connectivity index (χ1n) is 6.81. The average molecular weight is 266 g/mol. The molecular formula is C14H26N4O. The maximum Gasteiger partial charge on any atom is 0.135 e. The number of rotatable bonds is 7. The number of anilines is 2. The van der Waals surface area contributed by atoms with Crippen molar-refractivity contribution in [3.05, 3.63) is 11.4 Å². The third kappa shape index (κ3) is 4.35. The summed E-state index contributed by atoms with van der Waals surface area (Å²) in [6.07, 6.45) is 0.950. The largest absolute Gasteiger partial charge is 0.385 e. The first-order valence-corrected chi connectivity index (χ1v) is 6.81. The minimum atomic E-state index is 0.308. The fourth-order valence-corrected chi connectivity index (χ4v) is 1.78. The van der Waals surface area contributed by atoms with Crippen LogP contribution in [0.5, 0.6) is 0 Å². The second-order valence-corrected chi connectivity index (χ2v) is 5.14. The van der Waals surface area contributed by atoms with Gasteiger partial charge in [-0.3, -0.25) is 0 Å². The molecule has 1 heterocycles. The van der Waals surface area contributed by atoms with E-state index in [-0.39, 0.29) is 0 Å². The zero-order valence-electron chi connectivity index (χ0n) is 12.9. The van der Waals surface area contributed by atoms with Crippen LogP contribution in [0.25, 0.3) is 0 Å². The van der Waals surface area contributed by atoms with E-state index in [1.807, 2.05) is 14.0 Å². The van der Waals surface area contributed by atoms with Crippen molar-refractivity contribution < 1.29 is 4.74 Å². The van der Waals surface area contributed by atoms with Crippen LogP contribution < -0.4 is 10.6 Å². The molecule has 0 saturated carbocycles. The topological polar surface area (TPSA) is 59.1 Å². The van der Waals surface area contributed by atoms with Crippen molar-refractivity contribution in [2.24, 2.45) is 0 Å². The normalized spacial score (nSPS) is 12.6. The summed E-state index contributed by atoms with van der Waals surface area (Å²) in [5.74, 6) is 2.96. The van der Waals surface area contributed by atoms with Gasteiger partial charge >= 0.3 is 0 Å². The fourth-order valence-electron chi connectivity index (χ4n) is 1.78. The molecule has 0 aromatic carbocycles. The van der Waals surface area contributed by atoms with Crippen molar-refractivity contribution in [1.82, 2.24) is 9.97 Å². The third-order valence-electron chi connectivity index (χ3n) is 3.05. The van der Waals surface area contributed by atoms with Gasteiger partial charge in [-0.25, -0.2) is 9.97 Å². The Balaban J connectivity index is 2.94. The lowest BCUT2D eigenvalue weighted by Crippen LogP contribution is -2.20. The van der Waals surface area contributed by atoms with Gasteiger partial charge in [-0.1, -0.05) is 13.8 Å². The lowest BCUT2D eigenvalue weighted by Gasteiger charge is -2.19. The van der Waals surface area contributed by atoms with E-state index in [1.54, 1.807) is 7.11 Å². The van der Waals surface area contributed by atoms with Gasteiger partial charge < -0.3 is 15.4 Å². The van der Waals surface area contributed by atoms with Crippen molar-refractivity contribution in [2.75, 3.05) is 31.4 Å². The van der Waals surface area contributed by atoms with Gasteiger partial charge in [0, 0.05) is 38.3 Å². The van der Waals surface area contributed by atoms with Gasteiger partial charge in [-0.05, 0) is 20.3 Å². The van der Waals surface area contributed by atoms with Crippen LogP contribution in [-0.4, -0.2) is 36.8 Å². The predicted molar refractivity (Wildman–Crippen MR) is 80.0 cm³/mol. The Hall–Kier alpha value is -1.36. The Kier molecular flexibility index (Phi) is 6.02. The second kappa shape index (κ2) is 7.28. The summed E-state index contributed by atoms with van der Waals surface area (Å²) < 4.78 is 5.10. The van der Waals surface area contributed by atoms with Crippen LogP contribution in [0.2, 0.25) is 0 Å². The number of methoxy groups -OCH3 is 1. The van der Waals surface area contributed by atoms with Gasteiger partial charge in [-0.2, -0.15) is 0 Å². The maximum atomic E-state index is 5.10. The minimum Gasteiger partial charge on any atom is -0.385 e. The summed E-state index contributed by atoms with van der Waals surface area (Å²) in [4.78, 5) is 9.16. The van der Waals surface area contributed by atoms with E-state index >= 15 is 0 Å². The highest BCUT2D eigenvalue weighted by atomic mass is 16.5. The summed E-state index contributed by atoms with van der Waals surface area (Å²) in [5, 5.41) is 6.58. The Bertz CT molecular complexity index is 407. The van der Waals surface area contributed by atoms with Crippen LogP contribution in [0.3, 0.4) is 0 Å². The number of hydrogen-bond donors (Lipinski definition) is 2. The highest BCUT2D eigenvalue weighted by Gasteiger charge is 2.13. The third-order valence-corrected chi connectivity index (χ3v) is 3.05. The molecule has 19 heavy (non-hydrogen) atoms. The SMILES string of the molecule is CNc1nc(C(C)C)nc(NC(C)CCOC)c1C. The number of nitrogens with zero attached hydrogens (tertiary/aromatic N) is 2. The molecule has 0 bridgehead atoms. The molecule has 1 rings (SSSR count). The Morgan fingerprint density at radius 2 is 1.79 bits per heavy atom. The predicted octanol–water partition coefficient (Wildman–Crippen LogP) is 2.79. The van der Waals surface area contributed by atoms with Gasteiger partial charge in [0.25, 0.3) is 0 Å². The molecule has 0 aliphatic rings. The van der Waals surface area contributed by atoms with Gasteiger partial charge in [0.05, 0.1) is 0 Å². The monoisotopic (exact) mass is 266 g/mol. The number of hydrogen-bond acceptors (Lipinski definition) is 5. The lowest BCUT2D eigenvalue weighted by atomic mass is 10.2. The second-order valence-electron chi connectivity index (χ2n) is 5.14. The molecule has 0 fully saturated rings. The van der Waals surface area contributed by atoms with Crippen LogP contribution in [0.1, 0.15) is 44.5 Å². The first kappa shape index (κ1) is 15.7. The summed E-state index contributed by atoms with van der Waals surface area (Å²) >= 11 is 0. The van der Waals surface area contributed by atoms with Crippen LogP contribution >= 0.6 is 0 Å². The van der Waals surface area contributed by atoms with Crippen molar-refractivity contribution in [1.29, 1.82) is 0 Å². The zero-order valence-corrected chi connectivity index (χ0v) is 12.9. The van der Waals surface area contributed by atoms with Crippen molar-refractivity contribution >= 4 is 11.6 Å². The molecular weight excluding hydrogens is 240 g/mol. The van der Waals surface area contributed by atoms with Gasteiger partial charge in [0.1, 0.15) is 17.5 Å². The molecule has 0 radical (unpaired) electrons. The van der Waals surface area contributed by atoms with Crippen molar-refractivity contribution in [2.45, 2.75) is 46.1 Å². The molecule has 0 saturated heterocycles. The van der Waals surface area contributed by atoms with E-state index < -0.39 is 0 Å². The van der Waals surface area contributed by atoms with E-state index in [4.69, 9.17) is 4.74 Å². The molecule has 0 amide bonds. The number of nitrogens with one attached hydrogen (secondary N) is 2. The number of ether oxygens (including phenoxy) is 1. The van der Waals surface area contributed by atoms with Crippen LogP contribution in [-0.2, 0) is 4.74 Å². The zero-order chi connectivity index (χ0) is 14.4. The van der Waals surface area contributed by atoms with Gasteiger partial charge in [-0.15, -0.1) is 0 Å². The molecule has 0 aliphatic heterocycles. The average Bonchev–Trinajstić information content (AvgIpc) is 2.38. The molecule has 2 N–H and O–H groups in total. The highest BCUT2D eigenvalue weighted by Crippen LogP contribution is 2.23. The van der Waals surface area contributed by atoms with Crippen molar-refractivity contribution in [3.63, 3.8) is 0 Å². The van der Waals surface area contributed by atoms with Gasteiger partial charge in [0.15, 0.2) is 0 Å². The highest BCUT2D eigenvalue weighted by molar-refractivity contribution is 5.57. The molecule has 5 heteroatoms. The summed E-state index contributed by atoms with van der Waals surface area (Å²) in [6.45, 7) is 9.11. The molecule has 1 unspecified atom stereocenters. The molecule has 108 valence electrons. The standard InChI is InChI=1S/C14H26N4O/c1-9(2)12-17-13(15-5)11(4)14(18-12)16-10(3)7-8-19-6/h9-10H,7-8H2,1-6H3,(H2,15,16,17,18). The molecule has 0 spiro atoms. The van der Waals surface area contributed by atoms with E-state index in [2.05, 4.69) is 41.4 Å². The van der Waals surface area contributed by atoms with E-state index in [0.717, 1.165) is 36.1 Å². The van der Waals surface area contributed by atoms with E-state index in [0.29, 0.717) is 12.0 Å².